The first-order valence-electron chi connectivity index (χ1n) is 7.47. The minimum atomic E-state index is -0.377. The van der Waals surface area contributed by atoms with Crippen LogP contribution >= 0.6 is 15.9 Å². The molecular weight excluding hydrogens is 392 g/mol. The molecule has 0 atom stereocenters. The molecule has 8 heteroatoms. The topological polar surface area (TPSA) is 89.4 Å². The van der Waals surface area contributed by atoms with E-state index >= 15 is 0 Å². The number of phenolic OH excluding ortho intramolecular Hbond substituents is 1. The predicted molar refractivity (Wildman–Crippen MR) is 94.6 cm³/mol. The van der Waals surface area contributed by atoms with E-state index in [-0.39, 0.29) is 18.4 Å². The van der Waals surface area contributed by atoms with Crippen LogP contribution in [0.1, 0.15) is 22.8 Å². The number of carbonyl (C=O) groups is 1. The van der Waals surface area contributed by atoms with E-state index in [4.69, 9.17) is 14.2 Å². The van der Waals surface area contributed by atoms with Gasteiger partial charge in [-0.05, 0) is 58.7 Å². The number of hydrazone groups is 1. The first-order valence-corrected chi connectivity index (χ1v) is 8.26. The van der Waals surface area contributed by atoms with Gasteiger partial charge in [0.15, 0.2) is 23.0 Å². The number of nitrogens with one attached hydrogen (secondary N) is 1. The van der Waals surface area contributed by atoms with Crippen LogP contribution in [0.3, 0.4) is 0 Å². The van der Waals surface area contributed by atoms with Crippen molar-refractivity contribution in [3.63, 3.8) is 0 Å². The molecule has 1 aliphatic heterocycles. The van der Waals surface area contributed by atoms with Gasteiger partial charge in [-0.3, -0.25) is 4.79 Å². The molecule has 1 heterocycles. The number of benzene rings is 2. The van der Waals surface area contributed by atoms with Crippen molar-refractivity contribution in [3.05, 3.63) is 45.9 Å². The largest absolute Gasteiger partial charge is 0.503 e. The van der Waals surface area contributed by atoms with E-state index in [9.17, 15) is 9.90 Å². The standard InChI is InChI=1S/C17H15BrN2O5/c1-2-23-15-6-10(5-12(18)16(15)21)8-19-20-17(22)11-3-4-13-14(7-11)25-9-24-13/h3-8,21H,2,9H2,1H3,(H,20,22)/b19-8-. The Labute approximate surface area is 152 Å². The Morgan fingerprint density at radius 1 is 1.36 bits per heavy atom. The van der Waals surface area contributed by atoms with E-state index in [1.165, 1.54) is 6.21 Å². The molecule has 0 aromatic heterocycles. The number of fused-ring (bicyclic) bond motifs is 1. The third-order valence-corrected chi connectivity index (χ3v) is 3.97. The highest BCUT2D eigenvalue weighted by Gasteiger charge is 2.16. The molecule has 1 aliphatic rings. The molecule has 0 saturated heterocycles. The van der Waals surface area contributed by atoms with Crippen LogP contribution in [0.15, 0.2) is 39.9 Å². The van der Waals surface area contributed by atoms with Gasteiger partial charge in [-0.1, -0.05) is 0 Å². The summed E-state index contributed by atoms with van der Waals surface area (Å²) < 4.78 is 16.3. The summed E-state index contributed by atoms with van der Waals surface area (Å²) in [4.78, 5) is 12.1. The Morgan fingerprint density at radius 3 is 2.96 bits per heavy atom. The molecule has 2 aromatic carbocycles. The number of ether oxygens (including phenoxy) is 3. The van der Waals surface area contributed by atoms with Crippen LogP contribution < -0.4 is 19.6 Å². The number of halogens is 1. The van der Waals surface area contributed by atoms with E-state index in [0.717, 1.165) is 0 Å². The number of hydrogen-bond donors (Lipinski definition) is 2. The van der Waals surface area contributed by atoms with E-state index in [2.05, 4.69) is 26.5 Å². The van der Waals surface area contributed by atoms with Gasteiger partial charge in [0, 0.05) is 5.56 Å². The van der Waals surface area contributed by atoms with Crippen LogP contribution in [0.25, 0.3) is 0 Å². The second-order valence-corrected chi connectivity index (χ2v) is 5.90. The second-order valence-electron chi connectivity index (χ2n) is 5.05. The average molecular weight is 407 g/mol. The van der Waals surface area contributed by atoms with Crippen LogP contribution in [0.2, 0.25) is 0 Å². The van der Waals surface area contributed by atoms with Crippen LogP contribution in [0, 0.1) is 0 Å². The van der Waals surface area contributed by atoms with Crippen LogP contribution in [0.4, 0.5) is 0 Å². The zero-order chi connectivity index (χ0) is 17.8. The maximum atomic E-state index is 12.1. The first-order chi connectivity index (χ1) is 12.1. The fourth-order valence-corrected chi connectivity index (χ4v) is 2.66. The summed E-state index contributed by atoms with van der Waals surface area (Å²) in [6.07, 6.45) is 1.46. The van der Waals surface area contributed by atoms with Crippen LogP contribution in [-0.2, 0) is 0 Å². The summed E-state index contributed by atoms with van der Waals surface area (Å²) in [6, 6.07) is 8.18. The molecule has 130 valence electrons. The zero-order valence-electron chi connectivity index (χ0n) is 13.3. The quantitative estimate of drug-likeness (QED) is 0.588. The first kappa shape index (κ1) is 17.1. The summed E-state index contributed by atoms with van der Waals surface area (Å²) in [5.74, 6) is 1.11. The Kier molecular flexibility index (Phi) is 5.08. The van der Waals surface area contributed by atoms with Gasteiger partial charge in [-0.2, -0.15) is 5.10 Å². The molecule has 0 bridgehead atoms. The third-order valence-electron chi connectivity index (χ3n) is 3.37. The number of aromatic hydroxyl groups is 1. The molecule has 25 heavy (non-hydrogen) atoms. The summed E-state index contributed by atoms with van der Waals surface area (Å²) in [5.41, 5.74) is 3.50. The number of rotatable bonds is 5. The fraction of sp³-hybridized carbons (Fsp3) is 0.176. The van der Waals surface area contributed by atoms with E-state index in [1.54, 1.807) is 30.3 Å². The minimum absolute atomic E-state index is 0.0170. The predicted octanol–water partition coefficient (Wildman–Crippen LogP) is 3.05. The highest BCUT2D eigenvalue weighted by Crippen LogP contribution is 2.35. The number of amides is 1. The van der Waals surface area contributed by atoms with E-state index in [1.807, 2.05) is 6.92 Å². The summed E-state index contributed by atoms with van der Waals surface area (Å²) in [5, 5.41) is 13.8. The molecule has 2 N–H and O–H groups in total. The molecular formula is C17H15BrN2O5. The van der Waals surface area contributed by atoms with Crippen molar-refractivity contribution in [1.82, 2.24) is 5.43 Å². The van der Waals surface area contributed by atoms with Gasteiger partial charge in [0.2, 0.25) is 6.79 Å². The van der Waals surface area contributed by atoms with Crippen molar-refractivity contribution >= 4 is 28.1 Å². The lowest BCUT2D eigenvalue weighted by Gasteiger charge is -2.08. The highest BCUT2D eigenvalue weighted by atomic mass is 79.9. The van der Waals surface area contributed by atoms with Crippen LogP contribution in [0.5, 0.6) is 23.0 Å². The molecule has 0 aliphatic carbocycles. The van der Waals surface area contributed by atoms with E-state index in [0.29, 0.717) is 39.5 Å². The number of carbonyl (C=O) groups excluding carboxylic acids is 1. The zero-order valence-corrected chi connectivity index (χ0v) is 14.9. The lowest BCUT2D eigenvalue weighted by molar-refractivity contribution is 0.0954. The second kappa shape index (κ2) is 7.43. The number of phenols is 1. The third kappa shape index (κ3) is 3.85. The molecule has 1 amide bonds. The molecule has 2 aromatic rings. The lowest BCUT2D eigenvalue weighted by Crippen LogP contribution is -2.17. The normalized spacial score (nSPS) is 12.4. The summed E-state index contributed by atoms with van der Waals surface area (Å²) >= 11 is 3.25. The summed E-state index contributed by atoms with van der Waals surface area (Å²) in [7, 11) is 0. The number of hydrogen-bond acceptors (Lipinski definition) is 6. The van der Waals surface area contributed by atoms with E-state index < -0.39 is 0 Å². The molecule has 0 fully saturated rings. The Hall–Kier alpha value is -2.74. The lowest BCUT2D eigenvalue weighted by atomic mass is 10.2. The minimum Gasteiger partial charge on any atom is -0.503 e. The molecule has 0 spiro atoms. The monoisotopic (exact) mass is 406 g/mol. The fourth-order valence-electron chi connectivity index (χ4n) is 2.20. The molecule has 3 rings (SSSR count). The Morgan fingerprint density at radius 2 is 2.16 bits per heavy atom. The maximum absolute atomic E-state index is 12.1. The van der Waals surface area contributed by atoms with Gasteiger partial charge >= 0.3 is 0 Å². The molecule has 0 radical (unpaired) electrons. The van der Waals surface area contributed by atoms with Gasteiger partial charge in [0.05, 0.1) is 17.3 Å². The van der Waals surface area contributed by atoms with Gasteiger partial charge in [0.25, 0.3) is 5.91 Å². The SMILES string of the molecule is CCOc1cc(/C=N\NC(=O)c2ccc3c(c2)OCO3)cc(Br)c1O. The van der Waals surface area contributed by atoms with Gasteiger partial charge in [0.1, 0.15) is 0 Å². The average Bonchev–Trinajstić information content (AvgIpc) is 3.07. The smallest absolute Gasteiger partial charge is 0.271 e. The van der Waals surface area contributed by atoms with Gasteiger partial charge in [-0.15, -0.1) is 0 Å². The van der Waals surface area contributed by atoms with Gasteiger partial charge < -0.3 is 19.3 Å². The van der Waals surface area contributed by atoms with Gasteiger partial charge in [-0.25, -0.2) is 5.43 Å². The summed E-state index contributed by atoms with van der Waals surface area (Å²) in [6.45, 7) is 2.39. The van der Waals surface area contributed by atoms with Crippen molar-refractivity contribution < 1.29 is 24.1 Å². The highest BCUT2D eigenvalue weighted by molar-refractivity contribution is 9.10. The van der Waals surface area contributed by atoms with Crippen molar-refractivity contribution in [2.24, 2.45) is 5.10 Å². The van der Waals surface area contributed by atoms with Crippen molar-refractivity contribution in [1.29, 1.82) is 0 Å². The van der Waals surface area contributed by atoms with Crippen molar-refractivity contribution in [3.8, 4) is 23.0 Å². The Bertz CT molecular complexity index is 838. The van der Waals surface area contributed by atoms with Crippen LogP contribution in [-0.4, -0.2) is 30.6 Å². The number of nitrogens with zero attached hydrogens (tertiary/aromatic N) is 1. The maximum Gasteiger partial charge on any atom is 0.271 e. The molecule has 7 nitrogen and oxygen atoms in total. The Balaban J connectivity index is 1.69. The van der Waals surface area contributed by atoms with Crippen molar-refractivity contribution in [2.75, 3.05) is 13.4 Å². The van der Waals surface area contributed by atoms with Crippen molar-refractivity contribution in [2.45, 2.75) is 6.92 Å². The molecule has 0 saturated carbocycles. The molecule has 0 unspecified atom stereocenters.